The van der Waals surface area contributed by atoms with Crippen LogP contribution in [0.5, 0.6) is 0 Å². The van der Waals surface area contributed by atoms with Gasteiger partial charge in [-0.1, -0.05) is 19.9 Å². The van der Waals surface area contributed by atoms with Gasteiger partial charge in [-0.25, -0.2) is 0 Å². The first kappa shape index (κ1) is 12.5. The number of carbonyl (C=O) groups excluding carboxylic acids is 1. The maximum absolute atomic E-state index is 12.2. The van der Waals surface area contributed by atoms with Crippen molar-refractivity contribution in [2.75, 3.05) is 5.73 Å². The predicted molar refractivity (Wildman–Crippen MR) is 55.3 cm³/mol. The number of halogens is 3. The van der Waals surface area contributed by atoms with Gasteiger partial charge in [-0.15, -0.1) is 0 Å². The largest absolute Gasteiger partial charge is 0.454 e. The van der Waals surface area contributed by atoms with Crippen LogP contribution in [0.15, 0.2) is 18.2 Å². The Bertz CT molecular complexity index is 410. The normalized spacial score (nSPS) is 11.9. The number of alkyl halides is 3. The molecule has 1 aromatic carbocycles. The minimum absolute atomic E-state index is 0.0420. The maximum atomic E-state index is 12.2. The fraction of sp³-hybridized carbons (Fsp3) is 0.364. The van der Waals surface area contributed by atoms with E-state index in [1.165, 1.54) is 12.1 Å². The molecule has 0 aliphatic heterocycles. The molecule has 0 fully saturated rings. The topological polar surface area (TPSA) is 43.1 Å². The van der Waals surface area contributed by atoms with Gasteiger partial charge in [-0.2, -0.15) is 13.2 Å². The van der Waals surface area contributed by atoms with Crippen molar-refractivity contribution in [1.82, 2.24) is 0 Å². The summed E-state index contributed by atoms with van der Waals surface area (Å²) in [6.07, 6.45) is -4.89. The lowest BCUT2D eigenvalue weighted by molar-refractivity contribution is -0.0884. The van der Waals surface area contributed by atoms with Gasteiger partial charge in [0.1, 0.15) is 0 Å². The average molecular weight is 231 g/mol. The van der Waals surface area contributed by atoms with Crippen molar-refractivity contribution in [2.45, 2.75) is 25.9 Å². The van der Waals surface area contributed by atoms with Crippen LogP contribution >= 0.6 is 0 Å². The van der Waals surface area contributed by atoms with Crippen molar-refractivity contribution in [2.24, 2.45) is 0 Å². The number of rotatable bonds is 2. The van der Waals surface area contributed by atoms with Gasteiger partial charge in [0.2, 0.25) is 0 Å². The fourth-order valence-corrected chi connectivity index (χ4v) is 1.28. The molecule has 0 aliphatic carbocycles. The Kier molecular flexibility index (Phi) is 3.26. The second-order valence-electron chi connectivity index (χ2n) is 3.83. The van der Waals surface area contributed by atoms with Crippen LogP contribution in [0.3, 0.4) is 0 Å². The number of nitrogen functional groups attached to an aromatic ring is 1. The molecule has 0 unspecified atom stereocenters. The van der Waals surface area contributed by atoms with Gasteiger partial charge >= 0.3 is 6.18 Å². The van der Waals surface area contributed by atoms with Crippen molar-refractivity contribution in [3.63, 3.8) is 0 Å². The van der Waals surface area contributed by atoms with E-state index in [4.69, 9.17) is 5.73 Å². The molecule has 0 saturated carbocycles. The monoisotopic (exact) mass is 231 g/mol. The molecule has 2 nitrogen and oxygen atoms in total. The van der Waals surface area contributed by atoms with E-state index in [2.05, 4.69) is 0 Å². The highest BCUT2D eigenvalue weighted by Crippen LogP contribution is 2.27. The molecule has 0 atom stereocenters. The summed E-state index contributed by atoms with van der Waals surface area (Å²) in [5.41, 5.74) is 5.40. The molecular formula is C11H12F3NO. The van der Waals surface area contributed by atoms with E-state index in [0.717, 1.165) is 0 Å². The first-order valence-electron chi connectivity index (χ1n) is 4.74. The van der Waals surface area contributed by atoms with E-state index in [0.29, 0.717) is 5.56 Å². The average Bonchev–Trinajstić information content (AvgIpc) is 2.15. The summed E-state index contributed by atoms with van der Waals surface area (Å²) >= 11 is 0. The molecule has 5 heteroatoms. The van der Waals surface area contributed by atoms with Gasteiger partial charge in [0.15, 0.2) is 0 Å². The molecule has 0 saturated heterocycles. The number of Topliss-reactive ketones (excluding diaryl/α,β-unsaturated/α-hetero) is 1. The number of anilines is 1. The summed E-state index contributed by atoms with van der Waals surface area (Å²) in [6.45, 7) is 3.65. The second kappa shape index (κ2) is 4.15. The Morgan fingerprint density at radius 3 is 2.31 bits per heavy atom. The second-order valence-corrected chi connectivity index (χ2v) is 3.83. The van der Waals surface area contributed by atoms with Crippen molar-refractivity contribution in [3.8, 4) is 0 Å². The van der Waals surface area contributed by atoms with Crippen molar-refractivity contribution >= 4 is 11.5 Å². The standard InChI is InChI=1S/C11H12F3NO/c1-6(2)7-3-4-9(15)8(5-7)10(16)11(12,13)14/h3-6H,15H2,1-2H3. The zero-order valence-corrected chi connectivity index (χ0v) is 8.93. The van der Waals surface area contributed by atoms with E-state index in [1.807, 2.05) is 13.8 Å². The molecule has 0 amide bonds. The van der Waals surface area contributed by atoms with E-state index in [1.54, 1.807) is 6.07 Å². The number of carbonyl (C=O) groups is 1. The summed E-state index contributed by atoms with van der Waals surface area (Å²) in [5, 5.41) is 0. The number of hydrogen-bond donors (Lipinski definition) is 1. The van der Waals surface area contributed by atoms with Crippen LogP contribution < -0.4 is 5.73 Å². The van der Waals surface area contributed by atoms with Crippen LogP contribution in [0, 0.1) is 0 Å². The molecule has 0 radical (unpaired) electrons. The molecule has 1 rings (SSSR count). The molecule has 0 spiro atoms. The van der Waals surface area contributed by atoms with E-state index < -0.39 is 17.5 Å². The van der Waals surface area contributed by atoms with Gasteiger partial charge in [0, 0.05) is 5.69 Å². The van der Waals surface area contributed by atoms with Gasteiger partial charge in [0.25, 0.3) is 5.78 Å². The molecular weight excluding hydrogens is 219 g/mol. The Morgan fingerprint density at radius 2 is 1.88 bits per heavy atom. The van der Waals surface area contributed by atoms with Gasteiger partial charge < -0.3 is 5.73 Å². The van der Waals surface area contributed by atoms with Crippen LogP contribution in [0.4, 0.5) is 18.9 Å². The fourth-order valence-electron chi connectivity index (χ4n) is 1.28. The highest BCUT2D eigenvalue weighted by molar-refractivity contribution is 6.04. The Balaban J connectivity index is 3.23. The van der Waals surface area contributed by atoms with Gasteiger partial charge in [-0.05, 0) is 23.6 Å². The molecule has 16 heavy (non-hydrogen) atoms. The van der Waals surface area contributed by atoms with Crippen molar-refractivity contribution in [3.05, 3.63) is 29.3 Å². The van der Waals surface area contributed by atoms with Crippen LogP contribution in [-0.2, 0) is 0 Å². The van der Waals surface area contributed by atoms with E-state index in [9.17, 15) is 18.0 Å². The molecule has 0 aromatic heterocycles. The lowest BCUT2D eigenvalue weighted by Gasteiger charge is -2.11. The zero-order valence-electron chi connectivity index (χ0n) is 8.93. The third-order valence-electron chi connectivity index (χ3n) is 2.25. The Hall–Kier alpha value is -1.52. The van der Waals surface area contributed by atoms with Crippen molar-refractivity contribution < 1.29 is 18.0 Å². The highest BCUT2D eigenvalue weighted by atomic mass is 19.4. The summed E-state index contributed by atoms with van der Waals surface area (Å²) < 4.78 is 36.7. The summed E-state index contributed by atoms with van der Waals surface area (Å²) in [5.74, 6) is -1.85. The lowest BCUT2D eigenvalue weighted by Crippen LogP contribution is -2.24. The number of benzene rings is 1. The third-order valence-corrected chi connectivity index (χ3v) is 2.25. The van der Waals surface area contributed by atoms with Crippen LogP contribution in [0.2, 0.25) is 0 Å². The lowest BCUT2D eigenvalue weighted by atomic mass is 9.98. The molecule has 0 heterocycles. The predicted octanol–water partition coefficient (Wildman–Crippen LogP) is 3.14. The quantitative estimate of drug-likeness (QED) is 0.627. The van der Waals surface area contributed by atoms with E-state index >= 15 is 0 Å². The molecule has 1 aromatic rings. The smallest absolute Gasteiger partial charge is 0.398 e. The minimum atomic E-state index is -4.89. The summed E-state index contributed by atoms with van der Waals surface area (Å²) in [4.78, 5) is 11.1. The first-order valence-corrected chi connectivity index (χ1v) is 4.74. The molecule has 2 N–H and O–H groups in total. The highest BCUT2D eigenvalue weighted by Gasteiger charge is 2.40. The summed E-state index contributed by atoms with van der Waals surface area (Å²) in [7, 11) is 0. The van der Waals surface area contributed by atoms with E-state index in [-0.39, 0.29) is 11.6 Å². The maximum Gasteiger partial charge on any atom is 0.454 e. The van der Waals surface area contributed by atoms with Gasteiger partial charge in [0.05, 0.1) is 5.56 Å². The number of nitrogens with two attached hydrogens (primary N) is 1. The van der Waals surface area contributed by atoms with Gasteiger partial charge in [-0.3, -0.25) is 4.79 Å². The van der Waals surface area contributed by atoms with Crippen LogP contribution in [0.1, 0.15) is 35.7 Å². The minimum Gasteiger partial charge on any atom is -0.398 e. The third kappa shape index (κ3) is 2.53. The molecule has 88 valence electrons. The van der Waals surface area contributed by atoms with Crippen molar-refractivity contribution in [1.29, 1.82) is 0 Å². The molecule has 0 aliphatic rings. The van der Waals surface area contributed by atoms with Crippen LogP contribution in [0.25, 0.3) is 0 Å². The first-order chi connectivity index (χ1) is 7.23. The molecule has 0 bridgehead atoms. The Labute approximate surface area is 91.3 Å². The summed E-state index contributed by atoms with van der Waals surface area (Å²) in [6, 6.07) is 4.15. The number of ketones is 1. The zero-order chi connectivity index (χ0) is 12.5. The van der Waals surface area contributed by atoms with Crippen LogP contribution in [-0.4, -0.2) is 12.0 Å². The SMILES string of the molecule is CC(C)c1ccc(N)c(C(=O)C(F)(F)F)c1. The number of hydrogen-bond acceptors (Lipinski definition) is 2. The Morgan fingerprint density at radius 1 is 1.31 bits per heavy atom.